The predicted octanol–water partition coefficient (Wildman–Crippen LogP) is 2.71. The highest BCUT2D eigenvalue weighted by Crippen LogP contribution is 2.35. The second-order valence-electron chi connectivity index (χ2n) is 4.64. The van der Waals surface area contributed by atoms with Crippen molar-refractivity contribution in [1.29, 1.82) is 0 Å². The second kappa shape index (κ2) is 3.20. The van der Waals surface area contributed by atoms with Gasteiger partial charge in [-0.2, -0.15) is 4.98 Å². The summed E-state index contributed by atoms with van der Waals surface area (Å²) in [7, 11) is 0. The zero-order chi connectivity index (χ0) is 11.3. The van der Waals surface area contributed by atoms with Crippen molar-refractivity contribution in [3.8, 4) is 6.01 Å². The molecule has 0 bridgehead atoms. The van der Waals surface area contributed by atoms with E-state index in [9.17, 15) is 0 Å². The molecule has 0 saturated carbocycles. The SMILES string of the molecule is CC1(C)CCOc2nc3cnc(Br)cc3n21. The fraction of sp³-hybridized carbons (Fsp3) is 0.455. The van der Waals surface area contributed by atoms with Gasteiger partial charge >= 0.3 is 0 Å². The van der Waals surface area contributed by atoms with Crippen molar-refractivity contribution in [2.45, 2.75) is 25.8 Å². The summed E-state index contributed by atoms with van der Waals surface area (Å²) >= 11 is 3.39. The maximum Gasteiger partial charge on any atom is 0.297 e. The van der Waals surface area contributed by atoms with Gasteiger partial charge in [-0.05, 0) is 35.8 Å². The van der Waals surface area contributed by atoms with Crippen LogP contribution < -0.4 is 4.74 Å². The van der Waals surface area contributed by atoms with Crippen molar-refractivity contribution in [3.63, 3.8) is 0 Å². The standard InChI is InChI=1S/C11H12BrN3O/c1-11(2)3-4-16-10-14-7-6-13-9(12)5-8(7)15(10)11/h5-6H,3-4H2,1-2H3. The summed E-state index contributed by atoms with van der Waals surface area (Å²) in [6.07, 6.45) is 2.76. The molecule has 0 radical (unpaired) electrons. The smallest absolute Gasteiger partial charge is 0.297 e. The summed E-state index contributed by atoms with van der Waals surface area (Å²) < 4.78 is 8.57. The van der Waals surface area contributed by atoms with Gasteiger partial charge in [-0.25, -0.2) is 4.98 Å². The van der Waals surface area contributed by atoms with Crippen LogP contribution in [-0.4, -0.2) is 21.1 Å². The van der Waals surface area contributed by atoms with Gasteiger partial charge in [-0.1, -0.05) is 0 Å². The fourth-order valence-corrected chi connectivity index (χ4v) is 2.44. The number of hydrogen-bond donors (Lipinski definition) is 0. The molecule has 0 fully saturated rings. The molecule has 2 aromatic rings. The van der Waals surface area contributed by atoms with Crippen LogP contribution in [0.3, 0.4) is 0 Å². The molecule has 0 unspecified atom stereocenters. The summed E-state index contributed by atoms with van der Waals surface area (Å²) in [6, 6.07) is 2.69. The fourth-order valence-electron chi connectivity index (χ4n) is 2.12. The quantitative estimate of drug-likeness (QED) is 0.697. The van der Waals surface area contributed by atoms with Gasteiger partial charge in [0.2, 0.25) is 0 Å². The molecule has 0 spiro atoms. The van der Waals surface area contributed by atoms with Crippen molar-refractivity contribution in [2.24, 2.45) is 0 Å². The largest absolute Gasteiger partial charge is 0.465 e. The van der Waals surface area contributed by atoms with E-state index in [1.165, 1.54) is 0 Å². The van der Waals surface area contributed by atoms with Crippen LogP contribution in [0.4, 0.5) is 0 Å². The van der Waals surface area contributed by atoms with Crippen molar-refractivity contribution in [2.75, 3.05) is 6.61 Å². The van der Waals surface area contributed by atoms with Gasteiger partial charge in [0.25, 0.3) is 6.01 Å². The maximum absolute atomic E-state index is 5.59. The van der Waals surface area contributed by atoms with E-state index >= 15 is 0 Å². The predicted molar refractivity (Wildman–Crippen MR) is 64.7 cm³/mol. The summed E-state index contributed by atoms with van der Waals surface area (Å²) in [5, 5.41) is 0. The summed E-state index contributed by atoms with van der Waals surface area (Å²) in [4.78, 5) is 8.63. The Morgan fingerprint density at radius 1 is 1.50 bits per heavy atom. The lowest BCUT2D eigenvalue weighted by atomic mass is 10.00. The Bertz CT molecular complexity index is 562. The Labute approximate surface area is 102 Å². The molecule has 0 aromatic carbocycles. The van der Waals surface area contributed by atoms with Crippen LogP contribution in [0, 0.1) is 0 Å². The third kappa shape index (κ3) is 1.34. The first-order chi connectivity index (χ1) is 7.58. The molecule has 2 aromatic heterocycles. The maximum atomic E-state index is 5.59. The van der Waals surface area contributed by atoms with Gasteiger partial charge in [0.05, 0.1) is 18.3 Å². The Hall–Kier alpha value is -1.10. The Morgan fingerprint density at radius 2 is 2.31 bits per heavy atom. The average molecular weight is 282 g/mol. The van der Waals surface area contributed by atoms with Crippen molar-refractivity contribution >= 4 is 27.0 Å². The molecule has 1 aliphatic heterocycles. The molecule has 0 atom stereocenters. The third-order valence-electron chi connectivity index (χ3n) is 3.03. The molecule has 0 aliphatic carbocycles. The molecular weight excluding hydrogens is 270 g/mol. The first-order valence-electron chi connectivity index (χ1n) is 5.25. The molecule has 3 heterocycles. The second-order valence-corrected chi connectivity index (χ2v) is 5.45. The van der Waals surface area contributed by atoms with E-state index in [4.69, 9.17) is 4.74 Å². The lowest BCUT2D eigenvalue weighted by Crippen LogP contribution is -2.33. The lowest BCUT2D eigenvalue weighted by molar-refractivity contribution is 0.152. The van der Waals surface area contributed by atoms with Crippen molar-refractivity contribution < 1.29 is 4.74 Å². The van der Waals surface area contributed by atoms with Crippen LogP contribution in [0.1, 0.15) is 20.3 Å². The van der Waals surface area contributed by atoms with E-state index in [0.717, 1.165) is 28.7 Å². The highest BCUT2D eigenvalue weighted by molar-refractivity contribution is 9.10. The molecule has 3 rings (SSSR count). The third-order valence-corrected chi connectivity index (χ3v) is 3.46. The zero-order valence-corrected chi connectivity index (χ0v) is 10.8. The van der Waals surface area contributed by atoms with Crippen molar-refractivity contribution in [3.05, 3.63) is 16.9 Å². The van der Waals surface area contributed by atoms with Gasteiger partial charge in [-0.3, -0.25) is 4.57 Å². The summed E-state index contributed by atoms with van der Waals surface area (Å²) in [6.45, 7) is 5.13. The number of fused-ring (bicyclic) bond motifs is 3. The van der Waals surface area contributed by atoms with Crippen LogP contribution >= 0.6 is 15.9 Å². The topological polar surface area (TPSA) is 39.9 Å². The Morgan fingerprint density at radius 3 is 3.12 bits per heavy atom. The minimum atomic E-state index is 0.0448. The molecular formula is C11H12BrN3O. The lowest BCUT2D eigenvalue weighted by Gasteiger charge is -2.32. The number of nitrogens with zero attached hydrogens (tertiary/aromatic N) is 3. The molecule has 5 heteroatoms. The summed E-state index contributed by atoms with van der Waals surface area (Å²) in [5.41, 5.74) is 2.00. The zero-order valence-electron chi connectivity index (χ0n) is 9.20. The number of halogens is 1. The van der Waals surface area contributed by atoms with Gasteiger partial charge in [0.15, 0.2) is 0 Å². The van der Waals surface area contributed by atoms with Crippen molar-refractivity contribution in [1.82, 2.24) is 14.5 Å². The number of hydrogen-bond acceptors (Lipinski definition) is 3. The molecule has 84 valence electrons. The van der Waals surface area contributed by atoms with Gasteiger partial charge in [0, 0.05) is 12.0 Å². The van der Waals surface area contributed by atoms with E-state index in [-0.39, 0.29) is 5.54 Å². The van der Waals surface area contributed by atoms with E-state index in [0.29, 0.717) is 6.01 Å². The Kier molecular flexibility index (Phi) is 2.01. The molecule has 0 N–H and O–H groups in total. The number of imidazole rings is 1. The normalized spacial score (nSPS) is 18.2. The van der Waals surface area contributed by atoms with Crippen LogP contribution in [0.5, 0.6) is 6.01 Å². The highest BCUT2D eigenvalue weighted by Gasteiger charge is 2.31. The first-order valence-corrected chi connectivity index (χ1v) is 6.04. The van der Waals surface area contributed by atoms with E-state index in [2.05, 4.69) is 44.3 Å². The van der Waals surface area contributed by atoms with E-state index in [1.807, 2.05) is 6.07 Å². The van der Waals surface area contributed by atoms with Crippen LogP contribution in [-0.2, 0) is 5.54 Å². The van der Waals surface area contributed by atoms with Gasteiger partial charge in [-0.15, -0.1) is 0 Å². The van der Waals surface area contributed by atoms with Crippen LogP contribution in [0.2, 0.25) is 0 Å². The molecule has 1 aliphatic rings. The average Bonchev–Trinajstić information content (AvgIpc) is 2.56. The van der Waals surface area contributed by atoms with Gasteiger partial charge < -0.3 is 4.74 Å². The monoisotopic (exact) mass is 281 g/mol. The number of rotatable bonds is 0. The number of pyridine rings is 1. The molecule has 0 saturated heterocycles. The molecule has 4 nitrogen and oxygen atoms in total. The molecule has 16 heavy (non-hydrogen) atoms. The number of ether oxygens (including phenoxy) is 1. The Balaban J connectivity index is 2.37. The minimum absolute atomic E-state index is 0.0448. The number of aromatic nitrogens is 3. The first kappa shape index (κ1) is 10.1. The minimum Gasteiger partial charge on any atom is -0.465 e. The summed E-state index contributed by atoms with van der Waals surface area (Å²) in [5.74, 6) is 0. The molecule has 0 amide bonds. The van der Waals surface area contributed by atoms with E-state index in [1.54, 1.807) is 6.20 Å². The highest BCUT2D eigenvalue weighted by atomic mass is 79.9. The van der Waals surface area contributed by atoms with E-state index < -0.39 is 0 Å². The van der Waals surface area contributed by atoms with Crippen LogP contribution in [0.25, 0.3) is 11.0 Å². The van der Waals surface area contributed by atoms with Crippen LogP contribution in [0.15, 0.2) is 16.9 Å². The van der Waals surface area contributed by atoms with Gasteiger partial charge in [0.1, 0.15) is 10.1 Å².